The number of nitrogens with zero attached hydrogens (tertiary/aromatic N) is 1. The molecule has 2 N–H and O–H groups in total. The summed E-state index contributed by atoms with van der Waals surface area (Å²) in [6.07, 6.45) is 0. The van der Waals surface area contributed by atoms with Crippen LogP contribution >= 0.6 is 0 Å². The lowest BCUT2D eigenvalue weighted by Gasteiger charge is -2.21. The standard InChI is InChI=1S/C15H23N3O2/c1-5-18(6-2)13-9-7-12(8-10-13)15(20)17-16-14(19)11(3)4/h7-11H,5-6H2,1-4H3,(H,16,19)(H,17,20). The van der Waals surface area contributed by atoms with Crippen LogP contribution in [0.5, 0.6) is 0 Å². The first-order chi connectivity index (χ1) is 9.49. The third-order valence-electron chi connectivity index (χ3n) is 3.08. The minimum Gasteiger partial charge on any atom is -0.372 e. The maximum absolute atomic E-state index is 11.9. The lowest BCUT2D eigenvalue weighted by molar-refractivity contribution is -0.124. The summed E-state index contributed by atoms with van der Waals surface area (Å²) in [6, 6.07) is 7.33. The molecule has 1 rings (SSSR count). The lowest BCUT2D eigenvalue weighted by Crippen LogP contribution is -2.43. The summed E-state index contributed by atoms with van der Waals surface area (Å²) < 4.78 is 0. The highest BCUT2D eigenvalue weighted by atomic mass is 16.2. The number of hydrogen-bond donors (Lipinski definition) is 2. The van der Waals surface area contributed by atoms with Crippen molar-refractivity contribution in [2.45, 2.75) is 27.7 Å². The van der Waals surface area contributed by atoms with Crippen molar-refractivity contribution in [2.24, 2.45) is 5.92 Å². The SMILES string of the molecule is CCN(CC)c1ccc(C(=O)NNC(=O)C(C)C)cc1. The maximum atomic E-state index is 11.9. The van der Waals surface area contributed by atoms with Gasteiger partial charge in [-0.15, -0.1) is 0 Å². The van der Waals surface area contributed by atoms with Crippen molar-refractivity contribution in [3.8, 4) is 0 Å². The first-order valence-electron chi connectivity index (χ1n) is 6.94. The molecule has 0 saturated carbocycles. The molecular weight excluding hydrogens is 254 g/mol. The van der Waals surface area contributed by atoms with Crippen LogP contribution in [-0.4, -0.2) is 24.9 Å². The monoisotopic (exact) mass is 277 g/mol. The molecule has 20 heavy (non-hydrogen) atoms. The molecule has 0 radical (unpaired) electrons. The topological polar surface area (TPSA) is 61.4 Å². The Labute approximate surface area is 120 Å². The quantitative estimate of drug-likeness (QED) is 0.809. The summed E-state index contributed by atoms with van der Waals surface area (Å²) >= 11 is 0. The molecule has 5 nitrogen and oxygen atoms in total. The van der Waals surface area contributed by atoms with E-state index < -0.39 is 0 Å². The average Bonchev–Trinajstić information content (AvgIpc) is 2.46. The van der Waals surface area contributed by atoms with E-state index >= 15 is 0 Å². The smallest absolute Gasteiger partial charge is 0.269 e. The van der Waals surface area contributed by atoms with Crippen molar-refractivity contribution in [2.75, 3.05) is 18.0 Å². The van der Waals surface area contributed by atoms with Gasteiger partial charge in [-0.05, 0) is 38.1 Å². The molecule has 1 aromatic rings. The summed E-state index contributed by atoms with van der Waals surface area (Å²) in [5, 5.41) is 0. The Kier molecular flexibility index (Phi) is 6.03. The predicted octanol–water partition coefficient (Wildman–Crippen LogP) is 1.95. The number of hydrazine groups is 1. The first-order valence-corrected chi connectivity index (χ1v) is 6.94. The molecule has 2 amide bonds. The lowest BCUT2D eigenvalue weighted by atomic mass is 10.2. The highest BCUT2D eigenvalue weighted by molar-refractivity contribution is 5.95. The predicted molar refractivity (Wildman–Crippen MR) is 80.4 cm³/mol. The van der Waals surface area contributed by atoms with Crippen LogP contribution in [0.3, 0.4) is 0 Å². The van der Waals surface area contributed by atoms with Crippen molar-refractivity contribution >= 4 is 17.5 Å². The zero-order valence-corrected chi connectivity index (χ0v) is 12.6. The Morgan fingerprint density at radius 3 is 2.05 bits per heavy atom. The molecule has 1 aromatic carbocycles. The summed E-state index contributed by atoms with van der Waals surface area (Å²) in [5.41, 5.74) is 6.40. The Morgan fingerprint density at radius 1 is 1.05 bits per heavy atom. The zero-order chi connectivity index (χ0) is 15.1. The minimum atomic E-state index is -0.315. The van der Waals surface area contributed by atoms with Crippen LogP contribution in [0.1, 0.15) is 38.1 Å². The van der Waals surface area contributed by atoms with Crippen molar-refractivity contribution in [1.82, 2.24) is 10.9 Å². The van der Waals surface area contributed by atoms with Gasteiger partial charge in [-0.3, -0.25) is 20.4 Å². The van der Waals surface area contributed by atoms with Crippen LogP contribution < -0.4 is 15.8 Å². The van der Waals surface area contributed by atoms with E-state index in [4.69, 9.17) is 0 Å². The molecule has 5 heteroatoms. The minimum absolute atomic E-state index is 0.166. The third-order valence-corrected chi connectivity index (χ3v) is 3.08. The summed E-state index contributed by atoms with van der Waals surface area (Å²) in [4.78, 5) is 25.4. The van der Waals surface area contributed by atoms with Gasteiger partial charge in [0.1, 0.15) is 0 Å². The van der Waals surface area contributed by atoms with Gasteiger partial charge in [-0.25, -0.2) is 0 Å². The molecule has 0 bridgehead atoms. The van der Waals surface area contributed by atoms with Crippen molar-refractivity contribution < 1.29 is 9.59 Å². The number of anilines is 1. The Bertz CT molecular complexity index is 451. The summed E-state index contributed by atoms with van der Waals surface area (Å²) in [7, 11) is 0. The molecular formula is C15H23N3O2. The maximum Gasteiger partial charge on any atom is 0.269 e. The second-order valence-electron chi connectivity index (χ2n) is 4.82. The van der Waals surface area contributed by atoms with E-state index in [9.17, 15) is 9.59 Å². The van der Waals surface area contributed by atoms with Gasteiger partial charge in [-0.2, -0.15) is 0 Å². The molecule has 0 aliphatic carbocycles. The number of amides is 2. The van der Waals surface area contributed by atoms with E-state index in [1.807, 2.05) is 12.1 Å². The average molecular weight is 277 g/mol. The fraction of sp³-hybridized carbons (Fsp3) is 0.467. The van der Waals surface area contributed by atoms with Crippen LogP contribution in [0.4, 0.5) is 5.69 Å². The van der Waals surface area contributed by atoms with E-state index in [2.05, 4.69) is 29.6 Å². The van der Waals surface area contributed by atoms with Gasteiger partial charge < -0.3 is 4.90 Å². The number of carbonyl (C=O) groups excluding carboxylic acids is 2. The van der Waals surface area contributed by atoms with Gasteiger partial charge in [0.05, 0.1) is 0 Å². The van der Waals surface area contributed by atoms with Crippen LogP contribution in [0.2, 0.25) is 0 Å². The summed E-state index contributed by atoms with van der Waals surface area (Å²) in [6.45, 7) is 9.55. The molecule has 0 aliphatic heterocycles. The molecule has 0 saturated heterocycles. The number of hydrogen-bond acceptors (Lipinski definition) is 3. The molecule has 0 atom stereocenters. The van der Waals surface area contributed by atoms with Gasteiger partial charge >= 0.3 is 0 Å². The Balaban J connectivity index is 2.64. The first kappa shape index (κ1) is 16.0. The second-order valence-corrected chi connectivity index (χ2v) is 4.82. The van der Waals surface area contributed by atoms with Crippen LogP contribution in [-0.2, 0) is 4.79 Å². The Hall–Kier alpha value is -2.04. The van der Waals surface area contributed by atoms with Gasteiger partial charge in [0.2, 0.25) is 5.91 Å². The largest absolute Gasteiger partial charge is 0.372 e. The molecule has 0 spiro atoms. The van der Waals surface area contributed by atoms with Gasteiger partial charge in [0.25, 0.3) is 5.91 Å². The molecule has 0 aliphatic rings. The number of benzene rings is 1. The van der Waals surface area contributed by atoms with Crippen LogP contribution in [0, 0.1) is 5.92 Å². The van der Waals surface area contributed by atoms with E-state index in [1.54, 1.807) is 26.0 Å². The van der Waals surface area contributed by atoms with E-state index in [-0.39, 0.29) is 17.7 Å². The van der Waals surface area contributed by atoms with Crippen molar-refractivity contribution in [3.63, 3.8) is 0 Å². The number of carbonyl (C=O) groups is 2. The van der Waals surface area contributed by atoms with Gasteiger partial charge in [0.15, 0.2) is 0 Å². The second kappa shape index (κ2) is 7.53. The fourth-order valence-corrected chi connectivity index (χ4v) is 1.75. The molecule has 0 heterocycles. The molecule has 0 aromatic heterocycles. The van der Waals surface area contributed by atoms with Crippen LogP contribution in [0.25, 0.3) is 0 Å². The molecule has 110 valence electrons. The zero-order valence-electron chi connectivity index (χ0n) is 12.6. The number of nitrogens with one attached hydrogen (secondary N) is 2. The Morgan fingerprint density at radius 2 is 1.60 bits per heavy atom. The summed E-state index contributed by atoms with van der Waals surface area (Å²) in [5.74, 6) is -0.691. The number of rotatable bonds is 5. The van der Waals surface area contributed by atoms with E-state index in [1.165, 1.54) is 0 Å². The van der Waals surface area contributed by atoms with Gasteiger partial charge in [-0.1, -0.05) is 13.8 Å². The highest BCUT2D eigenvalue weighted by Gasteiger charge is 2.10. The van der Waals surface area contributed by atoms with Crippen molar-refractivity contribution in [3.05, 3.63) is 29.8 Å². The highest BCUT2D eigenvalue weighted by Crippen LogP contribution is 2.14. The fourth-order valence-electron chi connectivity index (χ4n) is 1.75. The third kappa shape index (κ3) is 4.26. The van der Waals surface area contributed by atoms with Gasteiger partial charge in [0, 0.05) is 30.3 Å². The van der Waals surface area contributed by atoms with Crippen molar-refractivity contribution in [1.29, 1.82) is 0 Å². The van der Waals surface area contributed by atoms with Crippen LogP contribution in [0.15, 0.2) is 24.3 Å². The van der Waals surface area contributed by atoms with E-state index in [0.717, 1.165) is 18.8 Å². The molecule has 0 unspecified atom stereocenters. The van der Waals surface area contributed by atoms with E-state index in [0.29, 0.717) is 5.56 Å². The molecule has 0 fully saturated rings. The normalized spacial score (nSPS) is 10.2.